The van der Waals surface area contributed by atoms with Gasteiger partial charge in [0.1, 0.15) is 0 Å². The third kappa shape index (κ3) is 1.53. The van der Waals surface area contributed by atoms with Gasteiger partial charge >= 0.3 is 6.03 Å². The highest BCUT2D eigenvalue weighted by molar-refractivity contribution is 6.07. The molecule has 6 heteroatoms. The number of urea groups is 1. The molecule has 1 unspecified atom stereocenters. The van der Waals surface area contributed by atoms with Crippen molar-refractivity contribution in [1.29, 1.82) is 0 Å². The number of carbonyl (C=O) groups is 2. The molecule has 0 spiro atoms. The fourth-order valence-electron chi connectivity index (χ4n) is 1.77. The highest BCUT2D eigenvalue weighted by Gasteiger charge is 2.48. The van der Waals surface area contributed by atoms with Gasteiger partial charge in [-0.15, -0.1) is 0 Å². The van der Waals surface area contributed by atoms with Gasteiger partial charge in [0.05, 0.1) is 5.69 Å². The second kappa shape index (κ2) is 3.90. The Hall–Kier alpha value is -1.95. The Morgan fingerprint density at radius 2 is 2.25 bits per heavy atom. The average Bonchev–Trinajstić information content (AvgIpc) is 2.57. The van der Waals surface area contributed by atoms with Gasteiger partial charge in [-0.2, -0.15) is 0 Å². The van der Waals surface area contributed by atoms with Crippen molar-refractivity contribution in [2.75, 3.05) is 13.6 Å². The molecule has 1 aromatic heterocycles. The average molecular weight is 220 g/mol. The van der Waals surface area contributed by atoms with E-state index in [4.69, 9.17) is 0 Å². The minimum Gasteiger partial charge on any atom is -0.317 e. The van der Waals surface area contributed by atoms with Gasteiger partial charge < -0.3 is 10.6 Å². The molecule has 1 aliphatic rings. The summed E-state index contributed by atoms with van der Waals surface area (Å²) in [7, 11) is 1.71. The van der Waals surface area contributed by atoms with E-state index >= 15 is 0 Å². The van der Waals surface area contributed by atoms with Crippen LogP contribution >= 0.6 is 0 Å². The summed E-state index contributed by atoms with van der Waals surface area (Å²) in [5.74, 6) is -0.384. The standard InChI is InChI=1S/C10H12N4O2/c1-11-6-10(7-4-2-3-5-12-7)8(15)13-9(16)14-10/h2-5,11H,6H2,1H3,(H2,13,14,15,16). The molecule has 6 nitrogen and oxygen atoms in total. The molecule has 1 saturated heterocycles. The summed E-state index contributed by atoms with van der Waals surface area (Å²) < 4.78 is 0. The molecule has 0 bridgehead atoms. The van der Waals surface area contributed by atoms with Gasteiger partial charge in [-0.1, -0.05) is 6.07 Å². The van der Waals surface area contributed by atoms with E-state index in [2.05, 4.69) is 20.9 Å². The Labute approximate surface area is 92.4 Å². The van der Waals surface area contributed by atoms with Crippen molar-refractivity contribution in [3.05, 3.63) is 30.1 Å². The van der Waals surface area contributed by atoms with E-state index in [-0.39, 0.29) is 5.91 Å². The number of hydrogen-bond acceptors (Lipinski definition) is 4. The molecule has 16 heavy (non-hydrogen) atoms. The van der Waals surface area contributed by atoms with Crippen LogP contribution < -0.4 is 16.0 Å². The van der Waals surface area contributed by atoms with E-state index in [1.165, 1.54) is 0 Å². The van der Waals surface area contributed by atoms with Crippen molar-refractivity contribution >= 4 is 11.9 Å². The molecule has 1 fully saturated rings. The Balaban J connectivity index is 2.44. The van der Waals surface area contributed by atoms with Crippen LogP contribution in [0.3, 0.4) is 0 Å². The Morgan fingerprint density at radius 1 is 1.44 bits per heavy atom. The van der Waals surface area contributed by atoms with Crippen LogP contribution in [-0.2, 0) is 10.3 Å². The first-order chi connectivity index (χ1) is 7.69. The van der Waals surface area contributed by atoms with Crippen molar-refractivity contribution in [1.82, 2.24) is 20.9 Å². The molecule has 2 rings (SSSR count). The van der Waals surface area contributed by atoms with E-state index in [1.54, 1.807) is 31.4 Å². The summed E-state index contributed by atoms with van der Waals surface area (Å²) >= 11 is 0. The van der Waals surface area contributed by atoms with E-state index < -0.39 is 11.6 Å². The second-order valence-corrected chi connectivity index (χ2v) is 3.56. The predicted molar refractivity (Wildman–Crippen MR) is 56.5 cm³/mol. The monoisotopic (exact) mass is 220 g/mol. The van der Waals surface area contributed by atoms with Crippen LogP contribution in [0.15, 0.2) is 24.4 Å². The third-order valence-corrected chi connectivity index (χ3v) is 2.49. The third-order valence-electron chi connectivity index (χ3n) is 2.49. The molecule has 1 aromatic rings. The smallest absolute Gasteiger partial charge is 0.317 e. The number of amides is 3. The van der Waals surface area contributed by atoms with Crippen LogP contribution in [0.2, 0.25) is 0 Å². The number of carbonyl (C=O) groups excluding carboxylic acids is 2. The highest BCUT2D eigenvalue weighted by atomic mass is 16.2. The van der Waals surface area contributed by atoms with E-state index in [9.17, 15) is 9.59 Å². The van der Waals surface area contributed by atoms with Gasteiger partial charge in [-0.3, -0.25) is 15.1 Å². The molecule has 1 atom stereocenters. The summed E-state index contributed by atoms with van der Waals surface area (Å²) in [6.45, 7) is 0.293. The second-order valence-electron chi connectivity index (χ2n) is 3.56. The lowest BCUT2D eigenvalue weighted by Crippen LogP contribution is -2.51. The molecule has 1 aliphatic heterocycles. The van der Waals surface area contributed by atoms with Gasteiger partial charge in [0.15, 0.2) is 5.54 Å². The van der Waals surface area contributed by atoms with Crippen LogP contribution in [0.1, 0.15) is 5.69 Å². The lowest BCUT2D eigenvalue weighted by Gasteiger charge is -2.24. The van der Waals surface area contributed by atoms with Crippen LogP contribution in [0.4, 0.5) is 4.79 Å². The molecule has 0 aliphatic carbocycles. The summed E-state index contributed by atoms with van der Waals surface area (Å²) in [4.78, 5) is 27.2. The number of hydrogen-bond donors (Lipinski definition) is 3. The minimum atomic E-state index is -1.10. The van der Waals surface area contributed by atoms with E-state index in [1.807, 2.05) is 0 Å². The molecule has 0 aromatic carbocycles. The molecule has 84 valence electrons. The number of likely N-dealkylation sites (N-methyl/N-ethyl adjacent to an activating group) is 1. The topological polar surface area (TPSA) is 83.1 Å². The molecule has 0 radical (unpaired) electrons. The van der Waals surface area contributed by atoms with Crippen molar-refractivity contribution in [3.63, 3.8) is 0 Å². The van der Waals surface area contributed by atoms with Crippen molar-refractivity contribution in [3.8, 4) is 0 Å². The Morgan fingerprint density at radius 3 is 2.75 bits per heavy atom. The normalized spacial score (nSPS) is 24.1. The lowest BCUT2D eigenvalue weighted by molar-refractivity contribution is -0.124. The number of nitrogens with one attached hydrogen (secondary N) is 3. The van der Waals surface area contributed by atoms with Crippen LogP contribution in [0, 0.1) is 0 Å². The Kier molecular flexibility index (Phi) is 2.57. The maximum atomic E-state index is 11.8. The SMILES string of the molecule is CNCC1(c2ccccn2)NC(=O)NC1=O. The summed E-state index contributed by atoms with van der Waals surface area (Å²) in [6, 6.07) is 4.75. The van der Waals surface area contributed by atoms with E-state index in [0.29, 0.717) is 12.2 Å². The Bertz CT molecular complexity index is 420. The molecule has 3 N–H and O–H groups in total. The van der Waals surface area contributed by atoms with Crippen LogP contribution in [0.5, 0.6) is 0 Å². The van der Waals surface area contributed by atoms with Gasteiger partial charge in [0.2, 0.25) is 0 Å². The maximum Gasteiger partial charge on any atom is 0.322 e. The molecular formula is C10H12N4O2. The highest BCUT2D eigenvalue weighted by Crippen LogP contribution is 2.21. The zero-order valence-electron chi connectivity index (χ0n) is 8.78. The zero-order valence-corrected chi connectivity index (χ0v) is 8.78. The van der Waals surface area contributed by atoms with E-state index in [0.717, 1.165) is 0 Å². The summed E-state index contributed by atoms with van der Waals surface area (Å²) in [5.41, 5.74) is -0.583. The van der Waals surface area contributed by atoms with Gasteiger partial charge in [0.25, 0.3) is 5.91 Å². The van der Waals surface area contributed by atoms with Crippen LogP contribution in [-0.4, -0.2) is 30.5 Å². The number of rotatable bonds is 3. The molecule has 2 heterocycles. The molecular weight excluding hydrogens is 208 g/mol. The van der Waals surface area contributed by atoms with Crippen molar-refractivity contribution < 1.29 is 9.59 Å². The minimum absolute atomic E-state index is 0.293. The largest absolute Gasteiger partial charge is 0.322 e. The predicted octanol–water partition coefficient (Wildman–Crippen LogP) is -0.664. The van der Waals surface area contributed by atoms with Gasteiger partial charge in [0, 0.05) is 12.7 Å². The first-order valence-electron chi connectivity index (χ1n) is 4.89. The fourth-order valence-corrected chi connectivity index (χ4v) is 1.77. The van der Waals surface area contributed by atoms with Crippen LogP contribution in [0.25, 0.3) is 0 Å². The molecule has 3 amide bonds. The lowest BCUT2D eigenvalue weighted by atomic mass is 9.94. The first kappa shape index (κ1) is 10.6. The number of pyridine rings is 1. The first-order valence-corrected chi connectivity index (χ1v) is 4.89. The number of imide groups is 1. The fraction of sp³-hybridized carbons (Fsp3) is 0.300. The quantitative estimate of drug-likeness (QED) is 0.590. The number of aromatic nitrogens is 1. The summed E-state index contributed by atoms with van der Waals surface area (Å²) in [6.07, 6.45) is 1.59. The number of nitrogens with zero attached hydrogens (tertiary/aromatic N) is 1. The van der Waals surface area contributed by atoms with Gasteiger partial charge in [-0.05, 0) is 19.2 Å². The summed E-state index contributed by atoms with van der Waals surface area (Å²) in [5, 5.41) is 7.72. The molecule has 0 saturated carbocycles. The zero-order chi connectivity index (χ0) is 11.6. The van der Waals surface area contributed by atoms with Crippen molar-refractivity contribution in [2.45, 2.75) is 5.54 Å². The maximum absolute atomic E-state index is 11.8. The van der Waals surface area contributed by atoms with Crippen molar-refractivity contribution in [2.24, 2.45) is 0 Å². The van der Waals surface area contributed by atoms with Gasteiger partial charge in [-0.25, -0.2) is 4.79 Å².